The van der Waals surface area contributed by atoms with Gasteiger partial charge in [-0.25, -0.2) is 4.98 Å². The molecule has 0 amide bonds. The number of hydrogen-bond donors (Lipinski definition) is 3. The van der Waals surface area contributed by atoms with E-state index in [1.807, 2.05) is 23.8 Å². The van der Waals surface area contributed by atoms with Crippen molar-refractivity contribution in [1.82, 2.24) is 4.98 Å². The van der Waals surface area contributed by atoms with Crippen LogP contribution in [-0.2, 0) is 6.54 Å². The summed E-state index contributed by atoms with van der Waals surface area (Å²) in [7, 11) is 0. The van der Waals surface area contributed by atoms with Gasteiger partial charge in [-0.15, -0.1) is 35.3 Å². The molecule has 0 spiro atoms. The molecule has 0 fully saturated rings. The van der Waals surface area contributed by atoms with Gasteiger partial charge in [-0.1, -0.05) is 11.8 Å². The average molecular weight is 438 g/mol. The largest absolute Gasteiger partial charge is 0.457 e. The Morgan fingerprint density at radius 1 is 1.38 bits per heavy atom. The molecule has 0 aromatic carbocycles. The Morgan fingerprint density at radius 2 is 2.14 bits per heavy atom. The van der Waals surface area contributed by atoms with E-state index in [-0.39, 0.29) is 29.9 Å². The maximum atomic E-state index is 5.64. The average Bonchev–Trinajstić information content (AvgIpc) is 3.03. The van der Waals surface area contributed by atoms with Crippen molar-refractivity contribution >= 4 is 63.3 Å². The highest BCUT2D eigenvalue weighted by Crippen LogP contribution is 2.28. The van der Waals surface area contributed by atoms with E-state index in [1.165, 1.54) is 23.1 Å². The van der Waals surface area contributed by atoms with Crippen LogP contribution in [0.25, 0.3) is 11.5 Å². The predicted octanol–water partition coefficient (Wildman–Crippen LogP) is 2.10. The van der Waals surface area contributed by atoms with Crippen LogP contribution >= 0.6 is 47.1 Å². The van der Waals surface area contributed by atoms with Gasteiger partial charge in [0.05, 0.1) is 6.54 Å². The van der Waals surface area contributed by atoms with E-state index in [4.69, 9.17) is 21.6 Å². The fourth-order valence-corrected chi connectivity index (χ4v) is 2.25. The van der Waals surface area contributed by atoms with Gasteiger partial charge >= 0.3 is 0 Å². The summed E-state index contributed by atoms with van der Waals surface area (Å²) in [5.74, 6) is 1.34. The molecule has 2 aromatic heterocycles. The lowest BCUT2D eigenvalue weighted by atomic mass is 10.3. The molecule has 0 bridgehead atoms. The van der Waals surface area contributed by atoms with Crippen LogP contribution in [0.2, 0.25) is 0 Å². The molecule has 7 nitrogen and oxygen atoms in total. The second-order valence-electron chi connectivity index (χ2n) is 3.68. The van der Waals surface area contributed by atoms with Gasteiger partial charge in [0.2, 0.25) is 5.13 Å². The van der Waals surface area contributed by atoms with Crippen molar-refractivity contribution in [2.75, 3.05) is 6.26 Å². The van der Waals surface area contributed by atoms with Crippen LogP contribution in [0.5, 0.6) is 0 Å². The lowest BCUT2D eigenvalue weighted by Gasteiger charge is -1.94. The second kappa shape index (κ2) is 8.24. The molecular formula is C11H15IN6OS2. The van der Waals surface area contributed by atoms with Gasteiger partial charge in [0, 0.05) is 5.38 Å². The first-order valence-corrected chi connectivity index (χ1v) is 7.67. The van der Waals surface area contributed by atoms with Crippen LogP contribution in [0, 0.1) is 0 Å². The van der Waals surface area contributed by atoms with Crippen LogP contribution in [-0.4, -0.2) is 22.4 Å². The second-order valence-corrected chi connectivity index (χ2v) is 5.34. The van der Waals surface area contributed by atoms with Gasteiger partial charge in [0.25, 0.3) is 0 Å². The highest BCUT2D eigenvalue weighted by Gasteiger charge is 2.09. The SMILES string of the molecule is CSC(N)=NCc1ccc(-c2csc(N=C(N)N)n2)o1.I. The van der Waals surface area contributed by atoms with Crippen LogP contribution in [0.15, 0.2) is 31.9 Å². The Hall–Kier alpha value is -1.27. The first-order chi connectivity index (χ1) is 9.58. The van der Waals surface area contributed by atoms with Crippen molar-refractivity contribution in [3.63, 3.8) is 0 Å². The number of thiazole rings is 1. The van der Waals surface area contributed by atoms with Gasteiger partial charge in [0.1, 0.15) is 11.5 Å². The minimum Gasteiger partial charge on any atom is -0.457 e. The molecule has 6 N–H and O–H groups in total. The molecular weight excluding hydrogens is 423 g/mol. The van der Waals surface area contributed by atoms with E-state index in [2.05, 4.69) is 15.0 Å². The molecule has 0 aliphatic carbocycles. The van der Waals surface area contributed by atoms with Crippen molar-refractivity contribution in [1.29, 1.82) is 0 Å². The molecule has 2 aromatic rings. The Morgan fingerprint density at radius 3 is 2.81 bits per heavy atom. The number of rotatable bonds is 4. The van der Waals surface area contributed by atoms with Gasteiger partial charge in [-0.3, -0.25) is 4.99 Å². The molecule has 0 saturated heterocycles. The molecule has 21 heavy (non-hydrogen) atoms. The molecule has 114 valence electrons. The van der Waals surface area contributed by atoms with Gasteiger partial charge in [-0.05, 0) is 18.4 Å². The summed E-state index contributed by atoms with van der Waals surface area (Å²) < 4.78 is 5.64. The quantitative estimate of drug-likeness (QED) is 0.381. The lowest BCUT2D eigenvalue weighted by Crippen LogP contribution is -2.21. The molecule has 2 heterocycles. The topological polar surface area (TPSA) is 129 Å². The third kappa shape index (κ3) is 5.21. The maximum absolute atomic E-state index is 5.64. The molecule has 0 unspecified atom stereocenters. The molecule has 0 radical (unpaired) electrons. The molecule has 0 saturated carbocycles. The standard InChI is InChI=1S/C11H14N6OS2.HI/c1-19-10(14)15-4-6-2-3-8(18-6)7-5-20-11(16-7)17-9(12)13;/h2-3,5H,4H2,1H3,(H2,14,15)(H4,12,13,16,17);1H. The van der Waals surface area contributed by atoms with Crippen molar-refractivity contribution in [3.05, 3.63) is 23.3 Å². The number of furan rings is 1. The first-order valence-electron chi connectivity index (χ1n) is 5.56. The van der Waals surface area contributed by atoms with E-state index < -0.39 is 0 Å². The monoisotopic (exact) mass is 438 g/mol. The Bertz CT molecular complexity index is 647. The summed E-state index contributed by atoms with van der Waals surface area (Å²) in [4.78, 5) is 12.3. The van der Waals surface area contributed by atoms with Crippen LogP contribution in [0.1, 0.15) is 5.76 Å². The van der Waals surface area contributed by atoms with Gasteiger partial charge in [-0.2, -0.15) is 4.99 Å². The highest BCUT2D eigenvalue weighted by atomic mass is 127. The summed E-state index contributed by atoms with van der Waals surface area (Å²) in [6.07, 6.45) is 1.87. The van der Waals surface area contributed by atoms with E-state index in [0.717, 1.165) is 0 Å². The zero-order chi connectivity index (χ0) is 14.5. The number of nitrogens with zero attached hydrogens (tertiary/aromatic N) is 3. The number of thioether (sulfide) groups is 1. The van der Waals surface area contributed by atoms with Crippen molar-refractivity contribution in [2.24, 2.45) is 27.2 Å². The molecule has 0 atom stereocenters. The van der Waals surface area contributed by atoms with Crippen LogP contribution in [0.4, 0.5) is 5.13 Å². The minimum absolute atomic E-state index is 0. The summed E-state index contributed by atoms with van der Waals surface area (Å²) in [6, 6.07) is 3.67. The number of halogens is 1. The lowest BCUT2D eigenvalue weighted by molar-refractivity contribution is 0.524. The number of nitrogens with two attached hydrogens (primary N) is 3. The highest BCUT2D eigenvalue weighted by molar-refractivity contribution is 14.0. The van der Waals surface area contributed by atoms with E-state index in [9.17, 15) is 0 Å². The van der Waals surface area contributed by atoms with E-state index in [0.29, 0.717) is 34.1 Å². The van der Waals surface area contributed by atoms with Gasteiger partial charge in [0.15, 0.2) is 16.9 Å². The number of aliphatic imine (C=N–C) groups is 2. The zero-order valence-electron chi connectivity index (χ0n) is 11.1. The summed E-state index contributed by atoms with van der Waals surface area (Å²) in [6.45, 7) is 0.400. The fraction of sp³-hybridized carbons (Fsp3) is 0.182. The number of guanidine groups is 1. The smallest absolute Gasteiger partial charge is 0.212 e. The predicted molar refractivity (Wildman–Crippen MR) is 99.5 cm³/mol. The maximum Gasteiger partial charge on any atom is 0.212 e. The minimum atomic E-state index is -0.0205. The van der Waals surface area contributed by atoms with Crippen molar-refractivity contribution in [3.8, 4) is 11.5 Å². The summed E-state index contributed by atoms with van der Waals surface area (Å²) in [5.41, 5.74) is 16.9. The van der Waals surface area contributed by atoms with Crippen molar-refractivity contribution < 1.29 is 4.42 Å². The molecule has 2 rings (SSSR count). The first kappa shape index (κ1) is 17.8. The Kier molecular flexibility index (Phi) is 6.98. The third-order valence-corrected chi connectivity index (χ3v) is 3.51. The summed E-state index contributed by atoms with van der Waals surface area (Å²) in [5, 5.41) is 2.83. The summed E-state index contributed by atoms with van der Waals surface area (Å²) >= 11 is 2.73. The normalized spacial score (nSPS) is 11.0. The van der Waals surface area contributed by atoms with Crippen LogP contribution < -0.4 is 17.2 Å². The Labute approximate surface area is 147 Å². The van der Waals surface area contributed by atoms with Crippen LogP contribution in [0.3, 0.4) is 0 Å². The fourth-order valence-electron chi connectivity index (χ4n) is 1.36. The molecule has 10 heteroatoms. The Balaban J connectivity index is 0.00000220. The number of aromatic nitrogens is 1. The van der Waals surface area contributed by atoms with Gasteiger partial charge < -0.3 is 21.6 Å². The third-order valence-electron chi connectivity index (χ3n) is 2.23. The van der Waals surface area contributed by atoms with E-state index >= 15 is 0 Å². The van der Waals surface area contributed by atoms with E-state index in [1.54, 1.807) is 0 Å². The molecule has 0 aliphatic heterocycles. The number of amidine groups is 1. The zero-order valence-corrected chi connectivity index (χ0v) is 15.1. The molecule has 0 aliphatic rings. The van der Waals surface area contributed by atoms with Crippen molar-refractivity contribution in [2.45, 2.75) is 6.54 Å². The number of hydrogen-bond acceptors (Lipinski definition) is 6.